The molecule has 0 amide bonds. The summed E-state index contributed by atoms with van der Waals surface area (Å²) in [5.74, 6) is 0.451. The normalized spacial score (nSPS) is 10.2. The monoisotopic (exact) mass is 265 g/mol. The summed E-state index contributed by atoms with van der Waals surface area (Å²) in [6, 6.07) is 8.70. The van der Waals surface area contributed by atoms with Crippen molar-refractivity contribution in [3.8, 4) is 17.4 Å². The lowest BCUT2D eigenvalue weighted by molar-refractivity contribution is 0.392. The number of aromatic nitrogens is 2. The summed E-state index contributed by atoms with van der Waals surface area (Å²) in [7, 11) is 3.80. The van der Waals surface area contributed by atoms with Gasteiger partial charge in [-0.1, -0.05) is 23.7 Å². The van der Waals surface area contributed by atoms with Gasteiger partial charge in [0.25, 0.3) is 5.88 Å². The molecular formula is C12H12ClN3O2. The number of nitrogens with zero attached hydrogens (tertiary/aromatic N) is 3. The predicted octanol–water partition coefficient (Wildman–Crippen LogP) is 2.69. The Morgan fingerprint density at radius 3 is 2.61 bits per heavy atom. The van der Waals surface area contributed by atoms with Gasteiger partial charge < -0.3 is 14.7 Å². The molecule has 1 aromatic carbocycles. The smallest absolute Gasteiger partial charge is 0.281 e. The number of para-hydroxylation sites is 2. The molecule has 0 radical (unpaired) electrons. The summed E-state index contributed by atoms with van der Waals surface area (Å²) in [6.07, 6.45) is 0. The van der Waals surface area contributed by atoms with Gasteiger partial charge in [-0.25, -0.2) is 0 Å². The van der Waals surface area contributed by atoms with Crippen LogP contribution < -0.4 is 9.64 Å². The maximum Gasteiger partial charge on any atom is 0.281 e. The zero-order valence-corrected chi connectivity index (χ0v) is 10.7. The SMILES string of the molecule is CN(C)c1ccccc1Oc1nnc(Cl)cc1O. The van der Waals surface area contributed by atoms with E-state index in [4.69, 9.17) is 16.3 Å². The molecule has 18 heavy (non-hydrogen) atoms. The highest BCUT2D eigenvalue weighted by atomic mass is 35.5. The van der Waals surface area contributed by atoms with Gasteiger partial charge in [0.15, 0.2) is 16.7 Å². The van der Waals surface area contributed by atoms with Gasteiger partial charge in [-0.2, -0.15) is 0 Å². The second kappa shape index (κ2) is 5.10. The van der Waals surface area contributed by atoms with Crippen LogP contribution in [0.25, 0.3) is 0 Å². The molecule has 0 unspecified atom stereocenters. The fourth-order valence-corrected chi connectivity index (χ4v) is 1.58. The molecule has 94 valence electrons. The predicted molar refractivity (Wildman–Crippen MR) is 69.5 cm³/mol. The second-order valence-corrected chi connectivity index (χ2v) is 4.21. The Morgan fingerprint density at radius 2 is 1.94 bits per heavy atom. The quantitative estimate of drug-likeness (QED) is 0.925. The molecule has 0 bridgehead atoms. The van der Waals surface area contributed by atoms with Crippen molar-refractivity contribution < 1.29 is 9.84 Å². The van der Waals surface area contributed by atoms with Crippen LogP contribution in [0.3, 0.4) is 0 Å². The Labute approximate surface area is 110 Å². The van der Waals surface area contributed by atoms with Crippen LogP contribution in [-0.2, 0) is 0 Å². The fraction of sp³-hybridized carbons (Fsp3) is 0.167. The van der Waals surface area contributed by atoms with Crippen molar-refractivity contribution in [3.05, 3.63) is 35.5 Å². The number of halogens is 1. The maximum atomic E-state index is 9.66. The third kappa shape index (κ3) is 2.62. The highest BCUT2D eigenvalue weighted by Crippen LogP contribution is 2.34. The van der Waals surface area contributed by atoms with Gasteiger partial charge in [0.2, 0.25) is 0 Å². The fourth-order valence-electron chi connectivity index (χ4n) is 1.44. The standard InChI is InChI=1S/C12H12ClN3O2/c1-16(2)8-5-3-4-6-10(8)18-12-9(17)7-11(13)14-15-12/h3-7H,1-2H3,(H,14,17). The summed E-state index contributed by atoms with van der Waals surface area (Å²) < 4.78 is 5.53. The van der Waals surface area contributed by atoms with E-state index in [2.05, 4.69) is 10.2 Å². The number of ether oxygens (including phenoxy) is 1. The van der Waals surface area contributed by atoms with Crippen molar-refractivity contribution in [3.63, 3.8) is 0 Å². The summed E-state index contributed by atoms with van der Waals surface area (Å²) in [5.41, 5.74) is 0.869. The molecule has 2 aromatic rings. The minimum atomic E-state index is -0.149. The van der Waals surface area contributed by atoms with E-state index in [1.165, 1.54) is 6.07 Å². The van der Waals surface area contributed by atoms with Crippen LogP contribution in [-0.4, -0.2) is 29.4 Å². The zero-order chi connectivity index (χ0) is 13.1. The highest BCUT2D eigenvalue weighted by molar-refractivity contribution is 6.29. The molecule has 1 aromatic heterocycles. The van der Waals surface area contributed by atoms with Crippen molar-refractivity contribution in [2.75, 3.05) is 19.0 Å². The molecule has 0 saturated heterocycles. The molecular weight excluding hydrogens is 254 g/mol. The van der Waals surface area contributed by atoms with Gasteiger partial charge in [-0.15, -0.1) is 10.2 Å². The van der Waals surface area contributed by atoms with Crippen molar-refractivity contribution in [2.45, 2.75) is 0 Å². The molecule has 1 heterocycles. The minimum Gasteiger partial charge on any atom is -0.503 e. The molecule has 6 heteroatoms. The second-order valence-electron chi connectivity index (χ2n) is 3.82. The van der Waals surface area contributed by atoms with E-state index in [9.17, 15) is 5.11 Å². The Bertz CT molecular complexity index is 561. The van der Waals surface area contributed by atoms with Gasteiger partial charge in [0.05, 0.1) is 5.69 Å². The van der Waals surface area contributed by atoms with Crippen molar-refractivity contribution in [1.29, 1.82) is 0 Å². The highest BCUT2D eigenvalue weighted by Gasteiger charge is 2.11. The van der Waals surface area contributed by atoms with Crippen LogP contribution in [0, 0.1) is 0 Å². The number of rotatable bonds is 3. The van der Waals surface area contributed by atoms with E-state index < -0.39 is 0 Å². The lowest BCUT2D eigenvalue weighted by Gasteiger charge is -2.16. The molecule has 0 aliphatic rings. The molecule has 5 nitrogen and oxygen atoms in total. The first-order valence-corrected chi connectivity index (χ1v) is 5.62. The Hall–Kier alpha value is -2.01. The zero-order valence-electron chi connectivity index (χ0n) is 9.96. The third-order valence-electron chi connectivity index (χ3n) is 2.26. The van der Waals surface area contributed by atoms with E-state index in [0.717, 1.165) is 5.69 Å². The number of aromatic hydroxyl groups is 1. The lowest BCUT2D eigenvalue weighted by Crippen LogP contribution is -2.09. The number of hydrogen-bond acceptors (Lipinski definition) is 5. The molecule has 0 aliphatic carbocycles. The molecule has 0 saturated carbocycles. The van der Waals surface area contributed by atoms with Crippen molar-refractivity contribution in [2.24, 2.45) is 0 Å². The van der Waals surface area contributed by atoms with E-state index >= 15 is 0 Å². The average Bonchev–Trinajstić information content (AvgIpc) is 2.33. The Morgan fingerprint density at radius 1 is 1.22 bits per heavy atom. The molecule has 0 aliphatic heterocycles. The maximum absolute atomic E-state index is 9.66. The van der Waals surface area contributed by atoms with E-state index in [0.29, 0.717) is 5.75 Å². The summed E-state index contributed by atoms with van der Waals surface area (Å²) >= 11 is 5.60. The molecule has 0 fully saturated rings. The van der Waals surface area contributed by atoms with Crippen LogP contribution in [0.5, 0.6) is 17.4 Å². The summed E-state index contributed by atoms with van der Waals surface area (Å²) in [6.45, 7) is 0. The molecule has 0 spiro atoms. The van der Waals surface area contributed by atoms with E-state index in [-0.39, 0.29) is 16.8 Å². The van der Waals surface area contributed by atoms with E-state index in [1.54, 1.807) is 6.07 Å². The van der Waals surface area contributed by atoms with Crippen LogP contribution in [0.2, 0.25) is 5.15 Å². The van der Waals surface area contributed by atoms with Crippen molar-refractivity contribution in [1.82, 2.24) is 10.2 Å². The Kier molecular flexibility index (Phi) is 3.53. The number of benzene rings is 1. The van der Waals surface area contributed by atoms with Crippen LogP contribution in [0.4, 0.5) is 5.69 Å². The first-order valence-electron chi connectivity index (χ1n) is 5.24. The van der Waals surface area contributed by atoms with E-state index in [1.807, 2.05) is 37.2 Å². The number of hydrogen-bond donors (Lipinski definition) is 1. The first-order chi connectivity index (χ1) is 8.58. The van der Waals surface area contributed by atoms with Crippen LogP contribution in [0.15, 0.2) is 30.3 Å². The number of anilines is 1. The van der Waals surface area contributed by atoms with Gasteiger partial charge in [0.1, 0.15) is 0 Å². The van der Waals surface area contributed by atoms with Gasteiger partial charge in [0, 0.05) is 20.2 Å². The van der Waals surface area contributed by atoms with Gasteiger partial charge >= 0.3 is 0 Å². The largest absolute Gasteiger partial charge is 0.503 e. The lowest BCUT2D eigenvalue weighted by atomic mass is 10.3. The molecule has 2 rings (SSSR count). The van der Waals surface area contributed by atoms with Crippen molar-refractivity contribution >= 4 is 17.3 Å². The first kappa shape index (κ1) is 12.4. The average molecular weight is 266 g/mol. The van der Waals surface area contributed by atoms with Crippen LogP contribution >= 0.6 is 11.6 Å². The Balaban J connectivity index is 2.34. The van der Waals surface area contributed by atoms with Gasteiger partial charge in [-0.3, -0.25) is 0 Å². The molecule has 0 atom stereocenters. The van der Waals surface area contributed by atoms with Crippen LogP contribution in [0.1, 0.15) is 0 Å². The third-order valence-corrected chi connectivity index (χ3v) is 2.45. The summed E-state index contributed by atoms with van der Waals surface area (Å²) in [4.78, 5) is 1.90. The minimum absolute atomic E-state index is 0.0219. The van der Waals surface area contributed by atoms with Gasteiger partial charge in [-0.05, 0) is 12.1 Å². The molecule has 1 N–H and O–H groups in total. The summed E-state index contributed by atoms with van der Waals surface area (Å²) in [5, 5.41) is 17.1. The topological polar surface area (TPSA) is 58.5 Å².